The van der Waals surface area contributed by atoms with Gasteiger partial charge in [0.05, 0.1) is 17.7 Å². The summed E-state index contributed by atoms with van der Waals surface area (Å²) in [5.41, 5.74) is 2.49. The fourth-order valence-corrected chi connectivity index (χ4v) is 5.85. The van der Waals surface area contributed by atoms with Crippen LogP contribution in [-0.2, 0) is 20.6 Å². The molecule has 186 valence electrons. The number of rotatable bonds is 12. The molecule has 6 nitrogen and oxygen atoms in total. The van der Waals surface area contributed by atoms with Gasteiger partial charge in [-0.2, -0.15) is 11.8 Å². The molecule has 9 heteroatoms. The molecular weight excluding hydrogens is 504 g/mol. The van der Waals surface area contributed by atoms with Crippen LogP contribution in [0.1, 0.15) is 17.5 Å². The summed E-state index contributed by atoms with van der Waals surface area (Å²) in [6, 6.07) is 20.9. The molecule has 0 atom stereocenters. The quantitative estimate of drug-likeness (QED) is 0.321. The first kappa shape index (κ1) is 26.9. The predicted octanol–water partition coefficient (Wildman–Crippen LogP) is 5.29. The van der Waals surface area contributed by atoms with Crippen LogP contribution in [0.5, 0.6) is 5.75 Å². The minimum Gasteiger partial charge on any atom is -0.497 e. The number of amides is 1. The van der Waals surface area contributed by atoms with Crippen molar-refractivity contribution < 1.29 is 17.9 Å². The van der Waals surface area contributed by atoms with Gasteiger partial charge in [0, 0.05) is 17.3 Å². The summed E-state index contributed by atoms with van der Waals surface area (Å²) in [5.74, 6) is 1.93. The average Bonchev–Trinajstić information content (AvgIpc) is 2.85. The van der Waals surface area contributed by atoms with E-state index in [-0.39, 0.29) is 17.3 Å². The second kappa shape index (κ2) is 12.9. The third-order valence-electron chi connectivity index (χ3n) is 5.20. The smallest absolute Gasteiger partial charge is 0.264 e. The first-order chi connectivity index (χ1) is 16.8. The molecule has 0 fully saturated rings. The number of benzene rings is 3. The van der Waals surface area contributed by atoms with Gasteiger partial charge < -0.3 is 10.1 Å². The zero-order valence-corrected chi connectivity index (χ0v) is 22.1. The zero-order valence-electron chi connectivity index (χ0n) is 19.7. The van der Waals surface area contributed by atoms with E-state index in [9.17, 15) is 13.2 Å². The van der Waals surface area contributed by atoms with Gasteiger partial charge in [0.25, 0.3) is 10.0 Å². The number of aryl methyl sites for hydroxylation is 1. The van der Waals surface area contributed by atoms with Gasteiger partial charge in [-0.05, 0) is 73.2 Å². The van der Waals surface area contributed by atoms with E-state index in [1.54, 1.807) is 60.3 Å². The summed E-state index contributed by atoms with van der Waals surface area (Å²) in [6.45, 7) is 2.03. The molecule has 0 saturated carbocycles. The largest absolute Gasteiger partial charge is 0.497 e. The number of thioether (sulfide) groups is 1. The lowest BCUT2D eigenvalue weighted by atomic mass is 10.2. The Morgan fingerprint density at radius 3 is 2.43 bits per heavy atom. The fraction of sp³-hybridized carbons (Fsp3) is 0.269. The number of methoxy groups -OCH3 is 1. The number of nitrogens with one attached hydrogen (secondary N) is 1. The third-order valence-corrected chi connectivity index (χ3v) is 8.34. The number of anilines is 1. The number of carbonyl (C=O) groups excluding carboxylic acids is 1. The summed E-state index contributed by atoms with van der Waals surface area (Å²) >= 11 is 7.77. The number of halogens is 1. The fourth-order valence-electron chi connectivity index (χ4n) is 3.31. The van der Waals surface area contributed by atoms with Gasteiger partial charge in [-0.3, -0.25) is 9.10 Å². The second-order valence-electron chi connectivity index (χ2n) is 7.91. The summed E-state index contributed by atoms with van der Waals surface area (Å²) in [4.78, 5) is 12.8. The van der Waals surface area contributed by atoms with Crippen molar-refractivity contribution in [1.82, 2.24) is 5.32 Å². The summed E-state index contributed by atoms with van der Waals surface area (Å²) in [7, 11) is -2.40. The molecule has 0 radical (unpaired) electrons. The molecule has 3 aromatic carbocycles. The van der Waals surface area contributed by atoms with E-state index in [1.807, 2.05) is 31.2 Å². The Hall–Kier alpha value is -2.68. The molecule has 0 aliphatic carbocycles. The molecule has 0 aromatic heterocycles. The van der Waals surface area contributed by atoms with E-state index in [4.69, 9.17) is 16.3 Å². The van der Waals surface area contributed by atoms with Crippen molar-refractivity contribution in [2.24, 2.45) is 0 Å². The van der Waals surface area contributed by atoms with E-state index in [1.165, 1.54) is 7.11 Å². The Morgan fingerprint density at radius 1 is 1.06 bits per heavy atom. The second-order valence-corrected chi connectivity index (χ2v) is 11.3. The molecule has 3 rings (SSSR count). The van der Waals surface area contributed by atoms with Gasteiger partial charge in [0.15, 0.2) is 0 Å². The van der Waals surface area contributed by atoms with Crippen LogP contribution in [0.2, 0.25) is 5.02 Å². The molecule has 0 bridgehead atoms. The summed E-state index contributed by atoms with van der Waals surface area (Å²) in [5, 5.41) is 3.56. The van der Waals surface area contributed by atoms with Crippen LogP contribution in [0.3, 0.4) is 0 Å². The van der Waals surface area contributed by atoms with E-state index in [0.29, 0.717) is 18.0 Å². The topological polar surface area (TPSA) is 75.7 Å². The maximum atomic E-state index is 13.4. The lowest BCUT2D eigenvalue weighted by Crippen LogP contribution is -2.41. The lowest BCUT2D eigenvalue weighted by Gasteiger charge is -2.24. The molecule has 0 unspecified atom stereocenters. The molecule has 3 aromatic rings. The van der Waals surface area contributed by atoms with Crippen LogP contribution < -0.4 is 14.4 Å². The van der Waals surface area contributed by atoms with Crippen molar-refractivity contribution >= 4 is 45.0 Å². The number of hydrogen-bond donors (Lipinski definition) is 1. The Balaban J connectivity index is 1.60. The van der Waals surface area contributed by atoms with Crippen LogP contribution >= 0.6 is 23.4 Å². The van der Waals surface area contributed by atoms with Crippen LogP contribution in [0, 0.1) is 6.92 Å². The van der Waals surface area contributed by atoms with Crippen molar-refractivity contribution in [3.8, 4) is 5.75 Å². The minimum absolute atomic E-state index is 0.129. The summed E-state index contributed by atoms with van der Waals surface area (Å²) in [6.07, 6.45) is 0.768. The van der Waals surface area contributed by atoms with Crippen molar-refractivity contribution in [1.29, 1.82) is 0 Å². The highest BCUT2D eigenvalue weighted by molar-refractivity contribution is 7.98. The maximum Gasteiger partial charge on any atom is 0.264 e. The Labute approximate surface area is 216 Å². The summed E-state index contributed by atoms with van der Waals surface area (Å²) < 4.78 is 33.1. The molecule has 0 saturated heterocycles. The molecule has 1 N–H and O–H groups in total. The van der Waals surface area contributed by atoms with E-state index < -0.39 is 10.0 Å². The Kier molecular flexibility index (Phi) is 9.89. The van der Waals surface area contributed by atoms with Crippen molar-refractivity contribution in [2.45, 2.75) is 24.0 Å². The number of ether oxygens (including phenoxy) is 1. The monoisotopic (exact) mass is 532 g/mol. The normalized spacial score (nSPS) is 11.2. The number of hydrogen-bond acceptors (Lipinski definition) is 5. The van der Waals surface area contributed by atoms with Crippen LogP contribution in [0.15, 0.2) is 77.7 Å². The molecule has 35 heavy (non-hydrogen) atoms. The van der Waals surface area contributed by atoms with Crippen molar-refractivity contribution in [2.75, 3.05) is 30.3 Å². The molecular formula is C26H29ClN2O4S2. The SMILES string of the molecule is COc1ccc(N(CC(=O)NCCCSCc2cccc(Cl)c2)S(=O)(=O)c2ccc(C)cc2)cc1. The third kappa shape index (κ3) is 7.92. The highest BCUT2D eigenvalue weighted by atomic mass is 35.5. The first-order valence-corrected chi connectivity index (χ1v) is 14.1. The standard InChI is InChI=1S/C26H29ClN2O4S2/c1-20-7-13-25(14-8-20)35(31,32)29(23-9-11-24(33-2)12-10-23)18-26(30)28-15-4-16-34-19-21-5-3-6-22(27)17-21/h3,5-14,17H,4,15-16,18-19H2,1-2H3,(H,28,30). The highest BCUT2D eigenvalue weighted by Crippen LogP contribution is 2.26. The van der Waals surface area contributed by atoms with Crippen molar-refractivity contribution in [3.63, 3.8) is 0 Å². The molecule has 0 aliphatic heterocycles. The van der Waals surface area contributed by atoms with Gasteiger partial charge >= 0.3 is 0 Å². The van der Waals surface area contributed by atoms with Gasteiger partial charge in [0.2, 0.25) is 5.91 Å². The number of carbonyl (C=O) groups is 1. The van der Waals surface area contributed by atoms with Crippen LogP contribution in [0.25, 0.3) is 0 Å². The molecule has 1 amide bonds. The average molecular weight is 533 g/mol. The van der Waals surface area contributed by atoms with Crippen LogP contribution in [0.4, 0.5) is 5.69 Å². The number of sulfonamides is 1. The predicted molar refractivity (Wildman–Crippen MR) is 144 cm³/mol. The first-order valence-electron chi connectivity index (χ1n) is 11.1. The maximum absolute atomic E-state index is 13.4. The van der Waals surface area contributed by atoms with E-state index >= 15 is 0 Å². The number of nitrogens with zero attached hydrogens (tertiary/aromatic N) is 1. The van der Waals surface area contributed by atoms with E-state index in [0.717, 1.165) is 38.4 Å². The van der Waals surface area contributed by atoms with Crippen molar-refractivity contribution in [3.05, 3.63) is 88.9 Å². The van der Waals surface area contributed by atoms with Gasteiger partial charge in [0.1, 0.15) is 12.3 Å². The molecule has 0 spiro atoms. The lowest BCUT2D eigenvalue weighted by molar-refractivity contribution is -0.119. The Bertz CT molecular complexity index is 1220. The van der Waals surface area contributed by atoms with Gasteiger partial charge in [-0.1, -0.05) is 41.4 Å². The molecule has 0 aliphatic rings. The zero-order chi connectivity index (χ0) is 25.3. The van der Waals surface area contributed by atoms with E-state index in [2.05, 4.69) is 5.32 Å². The Morgan fingerprint density at radius 2 is 1.77 bits per heavy atom. The highest BCUT2D eigenvalue weighted by Gasteiger charge is 2.27. The van der Waals surface area contributed by atoms with Gasteiger partial charge in [-0.25, -0.2) is 8.42 Å². The van der Waals surface area contributed by atoms with Crippen LogP contribution in [-0.4, -0.2) is 40.3 Å². The minimum atomic E-state index is -3.94. The molecule has 0 heterocycles. The van der Waals surface area contributed by atoms with Gasteiger partial charge in [-0.15, -0.1) is 0 Å².